The van der Waals surface area contributed by atoms with Gasteiger partial charge in [-0.2, -0.15) is 0 Å². The van der Waals surface area contributed by atoms with E-state index in [1.165, 1.54) is 0 Å². The zero-order chi connectivity index (χ0) is 9.84. The first-order valence-corrected chi connectivity index (χ1v) is 5.34. The summed E-state index contributed by atoms with van der Waals surface area (Å²) in [4.78, 5) is 0. The van der Waals surface area contributed by atoms with Crippen LogP contribution in [0.4, 0.5) is 0 Å². The maximum Gasteiger partial charge on any atom is 0.120 e. The standard InChI is InChI=1S/C9H9Cl3O/c10-3-6-1-8(5-12)9(13)2-7(6)4-11/h1-2,13H,3-5H2. The van der Waals surface area contributed by atoms with Crippen LogP contribution >= 0.6 is 34.8 Å². The predicted molar refractivity (Wildman–Crippen MR) is 56.8 cm³/mol. The fourth-order valence-corrected chi connectivity index (χ4v) is 1.79. The van der Waals surface area contributed by atoms with Gasteiger partial charge in [0.1, 0.15) is 5.75 Å². The Kier molecular flexibility index (Phi) is 4.17. The summed E-state index contributed by atoms with van der Waals surface area (Å²) in [7, 11) is 0. The van der Waals surface area contributed by atoms with E-state index in [0.29, 0.717) is 17.3 Å². The Bertz CT molecular complexity index is 299. The van der Waals surface area contributed by atoms with E-state index in [-0.39, 0.29) is 11.6 Å². The summed E-state index contributed by atoms with van der Waals surface area (Å²) >= 11 is 17.0. The molecule has 0 spiro atoms. The summed E-state index contributed by atoms with van der Waals surface area (Å²) in [6.07, 6.45) is 0. The molecule has 1 nitrogen and oxygen atoms in total. The van der Waals surface area contributed by atoms with Gasteiger partial charge >= 0.3 is 0 Å². The van der Waals surface area contributed by atoms with Crippen molar-refractivity contribution in [2.45, 2.75) is 17.6 Å². The lowest BCUT2D eigenvalue weighted by Gasteiger charge is -2.08. The van der Waals surface area contributed by atoms with Crippen LogP contribution in [0.25, 0.3) is 0 Å². The summed E-state index contributed by atoms with van der Waals surface area (Å²) in [5.74, 6) is 1.18. The van der Waals surface area contributed by atoms with Crippen LogP contribution < -0.4 is 0 Å². The number of hydrogen-bond acceptors (Lipinski definition) is 1. The third-order valence-corrected chi connectivity index (χ3v) is 2.70. The lowest BCUT2D eigenvalue weighted by atomic mass is 10.1. The molecule has 0 fully saturated rings. The molecule has 13 heavy (non-hydrogen) atoms. The first-order chi connectivity index (χ1) is 6.22. The molecule has 0 bridgehead atoms. The van der Waals surface area contributed by atoms with Crippen molar-refractivity contribution in [3.05, 3.63) is 28.8 Å². The lowest BCUT2D eigenvalue weighted by molar-refractivity contribution is 0.469. The van der Waals surface area contributed by atoms with E-state index in [2.05, 4.69) is 0 Å². The molecule has 0 aliphatic rings. The Morgan fingerprint density at radius 1 is 0.846 bits per heavy atom. The van der Waals surface area contributed by atoms with E-state index in [9.17, 15) is 5.11 Å². The molecule has 72 valence electrons. The van der Waals surface area contributed by atoms with Gasteiger partial charge in [0.05, 0.1) is 5.88 Å². The Morgan fingerprint density at radius 3 is 1.77 bits per heavy atom. The second-order valence-corrected chi connectivity index (χ2v) is 3.45. The van der Waals surface area contributed by atoms with Gasteiger partial charge in [0.15, 0.2) is 0 Å². The molecular weight excluding hydrogens is 230 g/mol. The van der Waals surface area contributed by atoms with Gasteiger partial charge in [-0.05, 0) is 23.3 Å². The maximum atomic E-state index is 9.46. The number of alkyl halides is 3. The monoisotopic (exact) mass is 238 g/mol. The van der Waals surface area contributed by atoms with Crippen LogP contribution in [0.15, 0.2) is 12.1 Å². The van der Waals surface area contributed by atoms with Gasteiger partial charge in [-0.1, -0.05) is 0 Å². The largest absolute Gasteiger partial charge is 0.508 e. The highest BCUT2D eigenvalue weighted by atomic mass is 35.5. The van der Waals surface area contributed by atoms with Crippen molar-refractivity contribution in [3.8, 4) is 5.75 Å². The summed E-state index contributed by atoms with van der Waals surface area (Å²) in [5.41, 5.74) is 2.46. The lowest BCUT2D eigenvalue weighted by Crippen LogP contribution is -1.91. The SMILES string of the molecule is Oc1cc(CCl)c(CCl)cc1CCl. The molecular formula is C9H9Cl3O. The molecule has 4 heteroatoms. The van der Waals surface area contributed by atoms with Crippen LogP contribution in [0.2, 0.25) is 0 Å². The number of rotatable bonds is 3. The minimum Gasteiger partial charge on any atom is -0.508 e. The summed E-state index contributed by atoms with van der Waals surface area (Å²) in [6, 6.07) is 3.40. The Hall–Kier alpha value is -0.110. The predicted octanol–water partition coefficient (Wildman–Crippen LogP) is 3.61. The second kappa shape index (κ2) is 4.94. The Balaban J connectivity index is 3.18. The van der Waals surface area contributed by atoms with Crippen LogP contribution in [0.5, 0.6) is 5.75 Å². The number of benzene rings is 1. The molecule has 0 heterocycles. The molecule has 0 unspecified atom stereocenters. The summed E-state index contributed by atoms with van der Waals surface area (Å²) < 4.78 is 0. The molecule has 1 aromatic rings. The minimum atomic E-state index is 0.180. The van der Waals surface area contributed by atoms with Crippen LogP contribution in [-0.2, 0) is 17.6 Å². The van der Waals surface area contributed by atoms with Crippen molar-refractivity contribution in [2.75, 3.05) is 0 Å². The highest BCUT2D eigenvalue weighted by Crippen LogP contribution is 2.26. The molecule has 0 atom stereocenters. The van der Waals surface area contributed by atoms with Gasteiger partial charge in [0, 0.05) is 17.3 Å². The molecule has 0 aliphatic carbocycles. The third-order valence-electron chi connectivity index (χ3n) is 1.83. The van der Waals surface area contributed by atoms with Crippen molar-refractivity contribution in [3.63, 3.8) is 0 Å². The quantitative estimate of drug-likeness (QED) is 0.799. The van der Waals surface area contributed by atoms with Gasteiger partial charge < -0.3 is 5.11 Å². The molecule has 0 saturated heterocycles. The average molecular weight is 240 g/mol. The zero-order valence-corrected chi connectivity index (χ0v) is 9.12. The minimum absolute atomic E-state index is 0.180. The van der Waals surface area contributed by atoms with E-state index in [4.69, 9.17) is 34.8 Å². The molecule has 0 amide bonds. The van der Waals surface area contributed by atoms with Crippen LogP contribution in [0.3, 0.4) is 0 Å². The van der Waals surface area contributed by atoms with Crippen molar-refractivity contribution in [2.24, 2.45) is 0 Å². The van der Waals surface area contributed by atoms with Gasteiger partial charge in [0.25, 0.3) is 0 Å². The fourth-order valence-electron chi connectivity index (χ4n) is 1.08. The first-order valence-electron chi connectivity index (χ1n) is 3.74. The molecule has 0 saturated carbocycles. The molecule has 1 N–H and O–H groups in total. The number of hydrogen-bond donors (Lipinski definition) is 1. The van der Waals surface area contributed by atoms with Gasteiger partial charge in [-0.3, -0.25) is 0 Å². The van der Waals surface area contributed by atoms with Crippen LogP contribution in [0, 0.1) is 0 Å². The normalized spacial score (nSPS) is 10.4. The van der Waals surface area contributed by atoms with Gasteiger partial charge in [0.2, 0.25) is 0 Å². The summed E-state index contributed by atoms with van der Waals surface area (Å²) in [5, 5.41) is 9.46. The van der Waals surface area contributed by atoms with Gasteiger partial charge in [-0.25, -0.2) is 0 Å². The number of phenolic OH excluding ortho intramolecular Hbond substituents is 1. The topological polar surface area (TPSA) is 20.2 Å². The van der Waals surface area contributed by atoms with E-state index >= 15 is 0 Å². The van der Waals surface area contributed by atoms with E-state index < -0.39 is 0 Å². The molecule has 0 aliphatic heterocycles. The van der Waals surface area contributed by atoms with E-state index in [0.717, 1.165) is 11.1 Å². The second-order valence-electron chi connectivity index (χ2n) is 2.65. The molecule has 0 aromatic heterocycles. The van der Waals surface area contributed by atoms with Crippen molar-refractivity contribution in [1.82, 2.24) is 0 Å². The molecule has 0 radical (unpaired) electrons. The van der Waals surface area contributed by atoms with Crippen molar-refractivity contribution in [1.29, 1.82) is 0 Å². The maximum absolute atomic E-state index is 9.46. The average Bonchev–Trinajstić information content (AvgIpc) is 2.17. The third kappa shape index (κ3) is 2.43. The van der Waals surface area contributed by atoms with Gasteiger partial charge in [-0.15, -0.1) is 34.8 Å². The first kappa shape index (κ1) is 11.0. The smallest absolute Gasteiger partial charge is 0.120 e. The number of aromatic hydroxyl groups is 1. The Morgan fingerprint density at radius 2 is 1.31 bits per heavy atom. The molecule has 1 aromatic carbocycles. The van der Waals surface area contributed by atoms with Crippen molar-refractivity contribution >= 4 is 34.8 Å². The molecule has 1 rings (SSSR count). The number of phenols is 1. The zero-order valence-electron chi connectivity index (χ0n) is 6.86. The number of halogens is 3. The van der Waals surface area contributed by atoms with Crippen molar-refractivity contribution < 1.29 is 5.11 Å². The Labute approximate surface area is 92.2 Å². The summed E-state index contributed by atoms with van der Waals surface area (Å²) in [6.45, 7) is 0. The highest BCUT2D eigenvalue weighted by molar-refractivity contribution is 6.19. The van der Waals surface area contributed by atoms with E-state index in [1.54, 1.807) is 12.1 Å². The van der Waals surface area contributed by atoms with Crippen LogP contribution in [-0.4, -0.2) is 5.11 Å². The van der Waals surface area contributed by atoms with E-state index in [1.807, 2.05) is 0 Å². The van der Waals surface area contributed by atoms with Crippen LogP contribution in [0.1, 0.15) is 16.7 Å². The highest BCUT2D eigenvalue weighted by Gasteiger charge is 2.06. The fraction of sp³-hybridized carbons (Fsp3) is 0.333.